The van der Waals surface area contributed by atoms with Gasteiger partial charge in [-0.1, -0.05) is 6.92 Å². The van der Waals surface area contributed by atoms with E-state index in [4.69, 9.17) is 0 Å². The molecule has 0 bridgehead atoms. The van der Waals surface area contributed by atoms with Crippen LogP contribution in [0.25, 0.3) is 0 Å². The van der Waals surface area contributed by atoms with Crippen molar-refractivity contribution in [2.45, 2.75) is 13.3 Å². The average Bonchev–Trinajstić information content (AvgIpc) is 1.90. The summed E-state index contributed by atoms with van der Waals surface area (Å²) in [6.07, 6.45) is 0.623. The first-order valence-corrected chi connectivity index (χ1v) is 3.63. The van der Waals surface area contributed by atoms with Crippen LogP contribution in [0.15, 0.2) is 10.3 Å². The molecule has 0 aliphatic carbocycles. The number of halogens is 1. The number of hydrogen-bond donors (Lipinski definition) is 1. The monoisotopic (exact) mass is 208 g/mol. The fourth-order valence-corrected chi connectivity index (χ4v) is 1.01. The molecule has 0 saturated carbocycles. The van der Waals surface area contributed by atoms with E-state index in [0.29, 0.717) is 12.1 Å². The molecule has 5 heteroatoms. The molecular weight excluding hydrogens is 200 g/mol. The van der Waals surface area contributed by atoms with Gasteiger partial charge in [-0.05, 0) is 6.42 Å². The van der Waals surface area contributed by atoms with Gasteiger partial charge in [-0.2, -0.15) is 0 Å². The van der Waals surface area contributed by atoms with E-state index in [1.165, 1.54) is 0 Å². The Balaban J connectivity index is 4.43. The molecule has 4 nitrogen and oxygen atoms in total. The van der Waals surface area contributed by atoms with E-state index in [1.54, 1.807) is 7.05 Å². The van der Waals surface area contributed by atoms with E-state index < -0.39 is 4.92 Å². The summed E-state index contributed by atoms with van der Waals surface area (Å²) in [7, 11) is 1.66. The van der Waals surface area contributed by atoms with Gasteiger partial charge >= 0.3 is 4.61 Å². The van der Waals surface area contributed by atoms with Gasteiger partial charge < -0.3 is 5.32 Å². The Bertz CT molecular complexity index is 161. The lowest BCUT2D eigenvalue weighted by Crippen LogP contribution is -2.09. The summed E-state index contributed by atoms with van der Waals surface area (Å²) >= 11 is 2.85. The summed E-state index contributed by atoms with van der Waals surface area (Å²) in [5.74, 6) is 0. The molecule has 0 aromatic rings. The van der Waals surface area contributed by atoms with Crippen LogP contribution in [-0.2, 0) is 0 Å². The average molecular weight is 209 g/mol. The number of allylic oxidation sites excluding steroid dienone is 1. The number of nitro groups is 1. The molecule has 0 aliphatic rings. The molecule has 10 heavy (non-hydrogen) atoms. The van der Waals surface area contributed by atoms with Crippen LogP contribution < -0.4 is 5.32 Å². The molecule has 0 spiro atoms. The zero-order valence-electron chi connectivity index (χ0n) is 5.85. The highest BCUT2D eigenvalue weighted by Crippen LogP contribution is 2.12. The molecule has 0 aromatic carbocycles. The van der Waals surface area contributed by atoms with Gasteiger partial charge in [0, 0.05) is 23.0 Å². The van der Waals surface area contributed by atoms with Crippen LogP contribution in [0.2, 0.25) is 0 Å². The third-order valence-electron chi connectivity index (χ3n) is 1.06. The van der Waals surface area contributed by atoms with Gasteiger partial charge in [0.2, 0.25) is 0 Å². The molecule has 0 aliphatic heterocycles. The Morgan fingerprint density at radius 1 is 1.80 bits per heavy atom. The molecular formula is C5H9BrN2O2. The Morgan fingerprint density at radius 2 is 2.30 bits per heavy atom. The fraction of sp³-hybridized carbons (Fsp3) is 0.600. The minimum Gasteiger partial charge on any atom is -0.385 e. The maximum absolute atomic E-state index is 10.1. The van der Waals surface area contributed by atoms with Crippen molar-refractivity contribution < 1.29 is 4.92 Å². The van der Waals surface area contributed by atoms with Crippen molar-refractivity contribution in [3.8, 4) is 0 Å². The van der Waals surface area contributed by atoms with Crippen molar-refractivity contribution in [3.63, 3.8) is 0 Å². The molecule has 1 N–H and O–H groups in total. The highest BCUT2D eigenvalue weighted by molar-refractivity contribution is 9.11. The van der Waals surface area contributed by atoms with Gasteiger partial charge in [-0.15, -0.1) is 0 Å². The van der Waals surface area contributed by atoms with Crippen LogP contribution in [0.5, 0.6) is 0 Å². The maximum atomic E-state index is 10.1. The van der Waals surface area contributed by atoms with Crippen LogP contribution in [0.4, 0.5) is 0 Å². The third-order valence-corrected chi connectivity index (χ3v) is 1.83. The van der Waals surface area contributed by atoms with Gasteiger partial charge in [-0.25, -0.2) is 0 Å². The number of nitrogens with one attached hydrogen (secondary N) is 1. The summed E-state index contributed by atoms with van der Waals surface area (Å²) in [6.45, 7) is 1.84. The maximum Gasteiger partial charge on any atom is 0.329 e. The van der Waals surface area contributed by atoms with Crippen LogP contribution in [0, 0.1) is 10.1 Å². The van der Waals surface area contributed by atoms with Crippen LogP contribution >= 0.6 is 15.9 Å². The number of nitrogens with zero attached hydrogens (tertiary/aromatic N) is 1. The van der Waals surface area contributed by atoms with Crippen molar-refractivity contribution in [1.82, 2.24) is 5.32 Å². The van der Waals surface area contributed by atoms with Crippen LogP contribution in [-0.4, -0.2) is 12.0 Å². The van der Waals surface area contributed by atoms with E-state index in [0.717, 1.165) is 0 Å². The largest absolute Gasteiger partial charge is 0.385 e. The van der Waals surface area contributed by atoms with Gasteiger partial charge in [-0.3, -0.25) is 10.1 Å². The SMILES string of the molecule is CCC(NC)=C(Br)[N+](=O)[O-]. The zero-order chi connectivity index (χ0) is 8.15. The lowest BCUT2D eigenvalue weighted by molar-refractivity contribution is -0.410. The first kappa shape index (κ1) is 9.42. The standard InChI is InChI=1S/C5H9BrN2O2/c1-3-4(7-2)5(6)8(9)10/h7H,3H2,1-2H3. The predicted molar refractivity (Wildman–Crippen MR) is 42.3 cm³/mol. The van der Waals surface area contributed by atoms with E-state index in [9.17, 15) is 10.1 Å². The van der Waals surface area contributed by atoms with Crippen LogP contribution in [0.3, 0.4) is 0 Å². The van der Waals surface area contributed by atoms with E-state index in [-0.39, 0.29) is 4.61 Å². The molecule has 58 valence electrons. The Kier molecular flexibility index (Phi) is 4.02. The third kappa shape index (κ3) is 2.34. The summed E-state index contributed by atoms with van der Waals surface area (Å²) in [5, 5.41) is 12.8. The van der Waals surface area contributed by atoms with Crippen molar-refractivity contribution in [2.75, 3.05) is 7.05 Å². The van der Waals surface area contributed by atoms with E-state index in [1.807, 2.05) is 6.92 Å². The van der Waals surface area contributed by atoms with Crippen molar-refractivity contribution >= 4 is 15.9 Å². The van der Waals surface area contributed by atoms with Gasteiger partial charge in [0.25, 0.3) is 0 Å². The molecule has 0 unspecified atom stereocenters. The van der Waals surface area contributed by atoms with E-state index in [2.05, 4.69) is 21.2 Å². The molecule has 0 radical (unpaired) electrons. The second-order valence-electron chi connectivity index (χ2n) is 1.63. The Hall–Kier alpha value is -0.580. The molecule has 0 heterocycles. The first-order chi connectivity index (χ1) is 4.63. The van der Waals surface area contributed by atoms with Gasteiger partial charge in [0.15, 0.2) is 0 Å². The molecule has 0 aromatic heterocycles. The van der Waals surface area contributed by atoms with Gasteiger partial charge in [0.1, 0.15) is 0 Å². The fourth-order valence-electron chi connectivity index (χ4n) is 0.536. The lowest BCUT2D eigenvalue weighted by Gasteiger charge is -1.99. The van der Waals surface area contributed by atoms with Crippen molar-refractivity contribution in [2.24, 2.45) is 0 Å². The molecule has 0 rings (SSSR count). The van der Waals surface area contributed by atoms with Crippen molar-refractivity contribution in [1.29, 1.82) is 0 Å². The highest BCUT2D eigenvalue weighted by Gasteiger charge is 2.10. The Labute approximate surface area is 67.6 Å². The minimum atomic E-state index is -0.463. The summed E-state index contributed by atoms with van der Waals surface area (Å²) < 4.78 is 0.0116. The second kappa shape index (κ2) is 4.27. The molecule has 0 atom stereocenters. The minimum absolute atomic E-state index is 0.0116. The summed E-state index contributed by atoms with van der Waals surface area (Å²) in [5.41, 5.74) is 0.602. The Morgan fingerprint density at radius 3 is 2.40 bits per heavy atom. The van der Waals surface area contributed by atoms with Crippen molar-refractivity contribution in [3.05, 3.63) is 20.4 Å². The number of rotatable bonds is 3. The number of hydrogen-bond acceptors (Lipinski definition) is 3. The first-order valence-electron chi connectivity index (χ1n) is 2.84. The van der Waals surface area contributed by atoms with Crippen LogP contribution in [0.1, 0.15) is 13.3 Å². The highest BCUT2D eigenvalue weighted by atomic mass is 79.9. The smallest absolute Gasteiger partial charge is 0.329 e. The molecule has 0 fully saturated rings. The zero-order valence-corrected chi connectivity index (χ0v) is 7.43. The lowest BCUT2D eigenvalue weighted by atomic mass is 10.4. The van der Waals surface area contributed by atoms with Gasteiger partial charge in [0.05, 0.1) is 10.6 Å². The predicted octanol–water partition coefficient (Wildman–Crippen LogP) is 1.46. The second-order valence-corrected chi connectivity index (χ2v) is 2.38. The quantitative estimate of drug-likeness (QED) is 0.434. The summed E-state index contributed by atoms with van der Waals surface area (Å²) in [6, 6.07) is 0. The summed E-state index contributed by atoms with van der Waals surface area (Å²) in [4.78, 5) is 9.66. The molecule has 0 amide bonds. The topological polar surface area (TPSA) is 55.2 Å². The normalized spacial score (nSPS) is 12.3. The molecule has 0 saturated heterocycles. The van der Waals surface area contributed by atoms with E-state index >= 15 is 0 Å².